The predicted octanol–water partition coefficient (Wildman–Crippen LogP) is -1.36. The number of carbonyl (C=O) groups excluding carboxylic acids is 5. The number of hydrogen-bond acceptors (Lipinski definition) is 17. The van der Waals surface area contributed by atoms with E-state index < -0.39 is 41.1 Å². The molecule has 4 heterocycles. The zero-order valence-electron chi connectivity index (χ0n) is 25.8. The van der Waals surface area contributed by atoms with E-state index in [1.165, 1.54) is 66.2 Å². The van der Waals surface area contributed by atoms with Crippen LogP contribution in [0.25, 0.3) is 11.3 Å². The van der Waals surface area contributed by atoms with Crippen LogP contribution >= 0.6 is 46.2 Å². The van der Waals surface area contributed by atoms with Gasteiger partial charge in [0.05, 0.1) is 17.4 Å². The Bertz CT molecular complexity index is 1830. The Morgan fingerprint density at radius 1 is 1.12 bits per heavy atom. The van der Waals surface area contributed by atoms with Gasteiger partial charge >= 0.3 is 41.5 Å². The number of nitrogens with two attached hydrogens (primary N) is 1. The summed E-state index contributed by atoms with van der Waals surface area (Å²) in [6, 6.07) is 3.67. The van der Waals surface area contributed by atoms with Crippen LogP contribution in [0.4, 0.5) is 5.13 Å². The number of aliphatic carboxylic acids is 1. The van der Waals surface area contributed by atoms with E-state index in [0.717, 1.165) is 16.2 Å². The summed E-state index contributed by atoms with van der Waals surface area (Å²) in [5.74, 6) is -3.39. The maximum atomic E-state index is 13.2. The molecule has 1 aromatic carbocycles. The van der Waals surface area contributed by atoms with Gasteiger partial charge in [0.2, 0.25) is 0 Å². The van der Waals surface area contributed by atoms with Gasteiger partial charge in [0.15, 0.2) is 26.7 Å². The number of carboxylic acids is 1. The van der Waals surface area contributed by atoms with E-state index in [1.54, 1.807) is 18.4 Å². The Morgan fingerprint density at radius 3 is 2.50 bits per heavy atom. The first-order chi connectivity index (χ1) is 22.5. The first kappa shape index (κ1) is 37.4. The number of thiazole rings is 2. The van der Waals surface area contributed by atoms with Crippen LogP contribution in [-0.2, 0) is 28.8 Å². The van der Waals surface area contributed by atoms with Crippen molar-refractivity contribution >= 4 is 86.8 Å². The van der Waals surface area contributed by atoms with Crippen LogP contribution in [-0.4, -0.2) is 79.8 Å². The van der Waals surface area contributed by atoms with Gasteiger partial charge in [0.25, 0.3) is 11.8 Å². The summed E-state index contributed by atoms with van der Waals surface area (Å²) in [6.07, 6.45) is 0. The maximum Gasteiger partial charge on any atom is 1.00 e. The second kappa shape index (κ2) is 16.3. The minimum absolute atomic E-state index is 0. The molecule has 1 saturated heterocycles. The number of anilines is 1. The van der Waals surface area contributed by atoms with Crippen molar-refractivity contribution in [2.75, 3.05) is 23.8 Å². The van der Waals surface area contributed by atoms with Crippen LogP contribution in [0, 0.1) is 0 Å². The maximum absolute atomic E-state index is 13.2. The third kappa shape index (κ3) is 8.39. The summed E-state index contributed by atoms with van der Waals surface area (Å²) in [5.41, 5.74) is 7.09. The number of aromatic nitrogens is 2. The van der Waals surface area contributed by atoms with Gasteiger partial charge in [-0.1, -0.05) is 16.9 Å². The number of ether oxygens (including phenoxy) is 2. The number of oxime groups is 1. The summed E-state index contributed by atoms with van der Waals surface area (Å²) in [4.78, 5) is 76.3. The number of fused-ring (bicyclic) bond motifs is 1. The number of rotatable bonds is 12. The van der Waals surface area contributed by atoms with E-state index in [-0.39, 0.29) is 81.4 Å². The SMILES string of the molecule is CCON=C(C(=O)N[C@@H]1C(=O)N2C(C(=O)[O-])=C(CSc3nc(-c4ccc(OC(C)=O)c(OC(C)=O)c4)cs3)CS[C@@H]12)c1csc(N)n1.[Na+]. The molecule has 0 bridgehead atoms. The Morgan fingerprint density at radius 2 is 1.85 bits per heavy atom. The van der Waals surface area contributed by atoms with Gasteiger partial charge in [-0.15, -0.1) is 34.4 Å². The number of nitrogen functional groups attached to an aromatic ring is 1. The van der Waals surface area contributed by atoms with Crippen LogP contribution in [0.3, 0.4) is 0 Å². The quantitative estimate of drug-likeness (QED) is 0.0418. The molecule has 2 amide bonds. The normalized spacial score (nSPS) is 17.1. The average Bonchev–Trinajstić information content (AvgIpc) is 3.68. The molecule has 0 aliphatic carbocycles. The van der Waals surface area contributed by atoms with Crippen molar-refractivity contribution in [2.24, 2.45) is 5.16 Å². The fourth-order valence-electron chi connectivity index (χ4n) is 4.47. The summed E-state index contributed by atoms with van der Waals surface area (Å²) in [6.45, 7) is 4.33. The van der Waals surface area contributed by atoms with Crippen LogP contribution in [0.15, 0.2) is 49.7 Å². The van der Waals surface area contributed by atoms with Gasteiger partial charge in [-0.05, 0) is 30.7 Å². The average molecular weight is 741 g/mol. The molecule has 2 aromatic heterocycles. The Labute approximate surface area is 312 Å². The molecule has 246 valence electrons. The van der Waals surface area contributed by atoms with Gasteiger partial charge in [-0.2, -0.15) is 0 Å². The van der Waals surface area contributed by atoms with Gasteiger partial charge in [0.1, 0.15) is 23.7 Å². The number of esters is 2. The standard InChI is InChI=1S/C28H26N6O9S4.Na/c1-4-41-33-20(17-11-45-27(29)30-17)23(37)32-21-24(38)34-22(26(39)40)15(8-44-25(21)34)9-46-28-31-16(10-47-28)14-5-6-18(42-12(2)35)19(7-14)43-13(3)36;/h5-7,10-11,21,25H,4,8-9H2,1-3H3,(H2,29,30)(H,32,37)(H,39,40);/q;+1/p-1/t21-,25+;/m1./s1. The van der Waals surface area contributed by atoms with E-state index >= 15 is 0 Å². The second-order valence-corrected chi connectivity index (χ2v) is 13.7. The summed E-state index contributed by atoms with van der Waals surface area (Å²) < 4.78 is 10.9. The topological polar surface area (TPSA) is 216 Å². The van der Waals surface area contributed by atoms with Gasteiger partial charge in [-0.25, -0.2) is 9.97 Å². The fourth-order valence-corrected chi connectivity index (χ4v) is 8.34. The largest absolute Gasteiger partial charge is 1.00 e. The zero-order chi connectivity index (χ0) is 33.8. The van der Waals surface area contributed by atoms with Gasteiger partial charge < -0.3 is 35.3 Å². The van der Waals surface area contributed by atoms with Crippen molar-refractivity contribution in [3.8, 4) is 22.8 Å². The van der Waals surface area contributed by atoms with E-state index in [1.807, 2.05) is 0 Å². The van der Waals surface area contributed by atoms with Crippen molar-refractivity contribution in [1.29, 1.82) is 0 Å². The third-order valence-electron chi connectivity index (χ3n) is 6.39. The molecule has 3 aromatic rings. The number of thioether (sulfide) groups is 2. The van der Waals surface area contributed by atoms with E-state index in [4.69, 9.17) is 20.0 Å². The number of benzene rings is 1. The molecule has 1 fully saturated rings. The van der Waals surface area contributed by atoms with Crippen molar-refractivity contribution in [3.63, 3.8) is 0 Å². The molecule has 2 atom stereocenters. The van der Waals surface area contributed by atoms with E-state index in [9.17, 15) is 29.1 Å². The Kier molecular flexibility index (Phi) is 12.7. The molecule has 3 N–H and O–H groups in total. The zero-order valence-corrected chi connectivity index (χ0v) is 31.1. The molecule has 0 spiro atoms. The monoisotopic (exact) mass is 740 g/mol. The molecule has 5 rings (SSSR count). The number of hydrogen-bond donors (Lipinski definition) is 2. The Hall–Kier alpha value is -3.46. The number of nitrogens with zero attached hydrogens (tertiary/aromatic N) is 4. The predicted molar refractivity (Wildman–Crippen MR) is 173 cm³/mol. The van der Waals surface area contributed by atoms with Crippen LogP contribution in [0.1, 0.15) is 26.5 Å². The second-order valence-electron chi connectivity index (χ2n) is 9.67. The smallest absolute Gasteiger partial charge is 0.543 e. The van der Waals surface area contributed by atoms with Crippen LogP contribution in [0.2, 0.25) is 0 Å². The number of carbonyl (C=O) groups is 5. The fraction of sp³-hybridized carbons (Fsp3) is 0.286. The van der Waals surface area contributed by atoms with Crippen molar-refractivity contribution in [2.45, 2.75) is 36.5 Å². The molecule has 20 heteroatoms. The summed E-state index contributed by atoms with van der Waals surface area (Å²) in [5, 5.41) is 21.5. The molecule has 2 aliphatic rings. The van der Waals surface area contributed by atoms with Crippen LogP contribution < -0.4 is 55.2 Å². The molecule has 15 nitrogen and oxygen atoms in total. The number of carboxylic acid groups (broad SMARTS) is 1. The van der Waals surface area contributed by atoms with Crippen LogP contribution in [0.5, 0.6) is 11.5 Å². The first-order valence-corrected chi connectivity index (χ1v) is 17.5. The van der Waals surface area contributed by atoms with Gasteiger partial charge in [0, 0.05) is 41.7 Å². The van der Waals surface area contributed by atoms with Crippen molar-refractivity contribution in [3.05, 3.63) is 45.9 Å². The first-order valence-electron chi connectivity index (χ1n) is 13.7. The minimum Gasteiger partial charge on any atom is -0.543 e. The van der Waals surface area contributed by atoms with E-state index in [2.05, 4.69) is 20.4 Å². The molecule has 0 radical (unpaired) electrons. The molecule has 0 unspecified atom stereocenters. The minimum atomic E-state index is -1.51. The molecule has 0 saturated carbocycles. The molecular formula is C28H25N6NaO9S4. The number of amides is 2. The van der Waals surface area contributed by atoms with Crippen molar-refractivity contribution in [1.82, 2.24) is 20.2 Å². The summed E-state index contributed by atoms with van der Waals surface area (Å²) in [7, 11) is 0. The Balaban J connectivity index is 0.00000520. The summed E-state index contributed by atoms with van der Waals surface area (Å²) >= 11 is 5.00. The number of nitrogens with one attached hydrogen (secondary N) is 1. The molecular weight excluding hydrogens is 716 g/mol. The molecule has 2 aliphatic heterocycles. The van der Waals surface area contributed by atoms with Crippen molar-refractivity contribution < 1.29 is 72.9 Å². The number of β-lactam (4-membered cyclic amide) rings is 1. The van der Waals surface area contributed by atoms with Gasteiger partial charge in [-0.3, -0.25) is 24.1 Å². The third-order valence-corrected chi connectivity index (χ3v) is 10.5. The van der Waals surface area contributed by atoms with E-state index in [0.29, 0.717) is 21.2 Å². The molecule has 48 heavy (non-hydrogen) atoms.